The van der Waals surface area contributed by atoms with Crippen LogP contribution in [0.4, 0.5) is 0 Å². The summed E-state index contributed by atoms with van der Waals surface area (Å²) in [5.74, 6) is -0.0189. The van der Waals surface area contributed by atoms with Crippen molar-refractivity contribution in [2.75, 3.05) is 13.7 Å². The SMILES string of the molecule is CCCCCCCCCOC(=O)C(C)NC(=O)c1ccc(OC)cc1. The highest BCUT2D eigenvalue weighted by Crippen LogP contribution is 2.11. The molecule has 1 amide bonds. The Hall–Kier alpha value is -2.04. The molecule has 1 N–H and O–H groups in total. The zero-order valence-electron chi connectivity index (χ0n) is 15.7. The van der Waals surface area contributed by atoms with E-state index in [-0.39, 0.29) is 5.91 Å². The summed E-state index contributed by atoms with van der Waals surface area (Å²) in [7, 11) is 1.57. The number of hydrogen-bond donors (Lipinski definition) is 1. The van der Waals surface area contributed by atoms with Gasteiger partial charge in [-0.25, -0.2) is 4.79 Å². The average Bonchev–Trinajstić information content (AvgIpc) is 2.63. The van der Waals surface area contributed by atoms with Gasteiger partial charge < -0.3 is 14.8 Å². The molecule has 1 aromatic carbocycles. The van der Waals surface area contributed by atoms with Gasteiger partial charge in [-0.3, -0.25) is 4.79 Å². The van der Waals surface area contributed by atoms with E-state index in [1.54, 1.807) is 38.3 Å². The molecular weight excluding hydrogens is 318 g/mol. The highest BCUT2D eigenvalue weighted by molar-refractivity contribution is 5.96. The molecule has 140 valence electrons. The maximum atomic E-state index is 12.1. The van der Waals surface area contributed by atoms with Crippen LogP contribution in [0.5, 0.6) is 5.75 Å². The lowest BCUT2D eigenvalue weighted by atomic mass is 10.1. The van der Waals surface area contributed by atoms with Crippen molar-refractivity contribution in [3.05, 3.63) is 29.8 Å². The minimum atomic E-state index is -0.667. The molecule has 1 atom stereocenters. The van der Waals surface area contributed by atoms with Gasteiger partial charge in [0.25, 0.3) is 5.91 Å². The predicted octanol–water partition coefficient (Wildman–Crippen LogP) is 4.11. The molecule has 0 aliphatic heterocycles. The first kappa shape index (κ1) is 21.0. The second-order valence-electron chi connectivity index (χ2n) is 6.21. The van der Waals surface area contributed by atoms with Crippen LogP contribution >= 0.6 is 0 Å². The van der Waals surface area contributed by atoms with Gasteiger partial charge in [0.2, 0.25) is 0 Å². The fraction of sp³-hybridized carbons (Fsp3) is 0.600. The van der Waals surface area contributed by atoms with Crippen LogP contribution in [0.1, 0.15) is 69.2 Å². The van der Waals surface area contributed by atoms with Crippen LogP contribution in [0.25, 0.3) is 0 Å². The van der Waals surface area contributed by atoms with E-state index in [1.807, 2.05) is 0 Å². The fourth-order valence-electron chi connectivity index (χ4n) is 2.44. The van der Waals surface area contributed by atoms with Crippen LogP contribution in [0.15, 0.2) is 24.3 Å². The summed E-state index contributed by atoms with van der Waals surface area (Å²) < 4.78 is 10.3. The molecule has 1 aromatic rings. The third-order valence-corrected chi connectivity index (χ3v) is 4.05. The van der Waals surface area contributed by atoms with Crippen molar-refractivity contribution in [1.29, 1.82) is 0 Å². The van der Waals surface area contributed by atoms with Crippen molar-refractivity contribution >= 4 is 11.9 Å². The lowest BCUT2D eigenvalue weighted by Crippen LogP contribution is -2.39. The lowest BCUT2D eigenvalue weighted by Gasteiger charge is -2.13. The number of benzene rings is 1. The first-order valence-electron chi connectivity index (χ1n) is 9.20. The number of carbonyl (C=O) groups is 2. The standard InChI is InChI=1S/C20H31NO4/c1-4-5-6-7-8-9-10-15-25-20(23)16(2)21-19(22)17-11-13-18(24-3)14-12-17/h11-14,16H,4-10,15H2,1-3H3,(H,21,22). The van der Waals surface area contributed by atoms with Crippen LogP contribution in [0.2, 0.25) is 0 Å². The Morgan fingerprint density at radius 3 is 2.20 bits per heavy atom. The first-order valence-corrected chi connectivity index (χ1v) is 9.20. The molecule has 1 rings (SSSR count). The molecular formula is C20H31NO4. The number of amides is 1. The average molecular weight is 349 g/mol. The van der Waals surface area contributed by atoms with E-state index in [2.05, 4.69) is 12.2 Å². The number of ether oxygens (including phenoxy) is 2. The van der Waals surface area contributed by atoms with Crippen LogP contribution < -0.4 is 10.1 Å². The van der Waals surface area contributed by atoms with Crippen molar-refractivity contribution in [3.8, 4) is 5.75 Å². The van der Waals surface area contributed by atoms with Gasteiger partial charge in [-0.15, -0.1) is 0 Å². The van der Waals surface area contributed by atoms with Crippen LogP contribution in [0.3, 0.4) is 0 Å². The Bertz CT molecular complexity index is 513. The van der Waals surface area contributed by atoms with Crippen molar-refractivity contribution in [3.63, 3.8) is 0 Å². The monoisotopic (exact) mass is 349 g/mol. The molecule has 0 radical (unpaired) electrons. The van der Waals surface area contributed by atoms with Gasteiger partial charge >= 0.3 is 5.97 Å². The fourth-order valence-corrected chi connectivity index (χ4v) is 2.44. The topological polar surface area (TPSA) is 64.6 Å². The van der Waals surface area contributed by atoms with E-state index >= 15 is 0 Å². The minimum Gasteiger partial charge on any atom is -0.497 e. The Morgan fingerprint density at radius 2 is 1.60 bits per heavy atom. The number of methoxy groups -OCH3 is 1. The normalized spacial score (nSPS) is 11.6. The first-order chi connectivity index (χ1) is 12.1. The van der Waals surface area contributed by atoms with Gasteiger partial charge in [0.05, 0.1) is 13.7 Å². The molecule has 5 nitrogen and oxygen atoms in total. The van der Waals surface area contributed by atoms with E-state index in [9.17, 15) is 9.59 Å². The van der Waals surface area contributed by atoms with Crippen molar-refractivity contribution in [2.45, 2.75) is 64.8 Å². The summed E-state index contributed by atoms with van der Waals surface area (Å²) in [5, 5.41) is 2.65. The summed E-state index contributed by atoms with van der Waals surface area (Å²) >= 11 is 0. The van der Waals surface area contributed by atoms with Gasteiger partial charge in [-0.2, -0.15) is 0 Å². The quantitative estimate of drug-likeness (QED) is 0.456. The maximum Gasteiger partial charge on any atom is 0.328 e. The minimum absolute atomic E-state index is 0.303. The molecule has 0 aromatic heterocycles. The third-order valence-electron chi connectivity index (χ3n) is 4.05. The second kappa shape index (κ2) is 12.3. The van der Waals surface area contributed by atoms with Gasteiger partial charge in [0, 0.05) is 5.56 Å². The number of hydrogen-bond acceptors (Lipinski definition) is 4. The molecule has 0 aliphatic rings. The lowest BCUT2D eigenvalue weighted by molar-refractivity contribution is -0.145. The second-order valence-corrected chi connectivity index (χ2v) is 6.21. The number of unbranched alkanes of at least 4 members (excludes halogenated alkanes) is 6. The number of rotatable bonds is 12. The van der Waals surface area contributed by atoms with Crippen molar-refractivity contribution in [1.82, 2.24) is 5.32 Å². The molecule has 5 heteroatoms. The summed E-state index contributed by atoms with van der Waals surface area (Å²) in [5.41, 5.74) is 0.479. The summed E-state index contributed by atoms with van der Waals surface area (Å²) in [6.45, 7) is 4.25. The van der Waals surface area contributed by atoms with Crippen LogP contribution in [-0.4, -0.2) is 31.6 Å². The van der Waals surface area contributed by atoms with E-state index in [0.717, 1.165) is 12.8 Å². The largest absolute Gasteiger partial charge is 0.497 e. The molecule has 0 fully saturated rings. The van der Waals surface area contributed by atoms with E-state index in [0.29, 0.717) is 17.9 Å². The zero-order valence-corrected chi connectivity index (χ0v) is 15.7. The molecule has 1 unspecified atom stereocenters. The Balaban J connectivity index is 2.21. The molecule has 0 aliphatic carbocycles. The molecule has 0 spiro atoms. The highest BCUT2D eigenvalue weighted by Gasteiger charge is 2.17. The van der Waals surface area contributed by atoms with Crippen LogP contribution in [-0.2, 0) is 9.53 Å². The van der Waals surface area contributed by atoms with E-state index in [4.69, 9.17) is 9.47 Å². The zero-order chi connectivity index (χ0) is 18.5. The highest BCUT2D eigenvalue weighted by atomic mass is 16.5. The van der Waals surface area contributed by atoms with Crippen molar-refractivity contribution in [2.24, 2.45) is 0 Å². The summed E-state index contributed by atoms with van der Waals surface area (Å²) in [6.07, 6.45) is 8.20. The number of nitrogens with one attached hydrogen (secondary N) is 1. The van der Waals surface area contributed by atoms with Gasteiger partial charge in [-0.1, -0.05) is 45.4 Å². The molecule has 0 saturated heterocycles. The molecule has 0 heterocycles. The van der Waals surface area contributed by atoms with Crippen molar-refractivity contribution < 1.29 is 19.1 Å². The molecule has 0 bridgehead atoms. The summed E-state index contributed by atoms with van der Waals surface area (Å²) in [4.78, 5) is 24.0. The maximum absolute atomic E-state index is 12.1. The van der Waals surface area contributed by atoms with Gasteiger partial charge in [0.1, 0.15) is 11.8 Å². The smallest absolute Gasteiger partial charge is 0.328 e. The number of esters is 1. The Morgan fingerprint density at radius 1 is 1.00 bits per heavy atom. The van der Waals surface area contributed by atoms with Crippen LogP contribution in [0, 0.1) is 0 Å². The van der Waals surface area contributed by atoms with Gasteiger partial charge in [-0.05, 0) is 37.6 Å². The van der Waals surface area contributed by atoms with E-state index < -0.39 is 12.0 Å². The molecule has 0 saturated carbocycles. The van der Waals surface area contributed by atoms with Gasteiger partial charge in [0.15, 0.2) is 0 Å². The predicted molar refractivity (Wildman–Crippen MR) is 98.9 cm³/mol. The molecule has 25 heavy (non-hydrogen) atoms. The third kappa shape index (κ3) is 8.57. The Kier molecular flexibility index (Phi) is 10.4. The number of carbonyl (C=O) groups excluding carboxylic acids is 2. The van der Waals surface area contributed by atoms with E-state index in [1.165, 1.54) is 32.1 Å². The summed E-state index contributed by atoms with van der Waals surface area (Å²) in [6, 6.07) is 6.06. The Labute approximate surface area is 151 Å².